The smallest absolute Gasteiger partial charge is 0.260 e. The van der Waals surface area contributed by atoms with Crippen molar-refractivity contribution in [1.29, 1.82) is 0 Å². The molecule has 1 atom stereocenters. The standard InChI is InChI=1S/C10H20N4O3S/c1-7(6-17-4)14-18(15,16)10-9(5-11-3)8(2)12-13-10/h7,11,14H,5-6H2,1-4H3,(H,12,13). The van der Waals surface area contributed by atoms with Gasteiger partial charge in [-0.15, -0.1) is 0 Å². The monoisotopic (exact) mass is 276 g/mol. The Kier molecular flexibility index (Phi) is 5.27. The van der Waals surface area contributed by atoms with E-state index < -0.39 is 10.0 Å². The minimum Gasteiger partial charge on any atom is -0.383 e. The van der Waals surface area contributed by atoms with Crippen LogP contribution in [0.1, 0.15) is 18.2 Å². The van der Waals surface area contributed by atoms with Crippen LogP contribution >= 0.6 is 0 Å². The van der Waals surface area contributed by atoms with E-state index in [-0.39, 0.29) is 11.1 Å². The number of aromatic nitrogens is 2. The van der Waals surface area contributed by atoms with Crippen molar-refractivity contribution in [2.45, 2.75) is 31.5 Å². The lowest BCUT2D eigenvalue weighted by Crippen LogP contribution is -2.36. The number of aryl methyl sites for hydroxylation is 1. The van der Waals surface area contributed by atoms with Crippen molar-refractivity contribution in [3.8, 4) is 0 Å². The molecule has 1 aromatic heterocycles. The Hall–Kier alpha value is -0.960. The van der Waals surface area contributed by atoms with Crippen LogP contribution in [0.15, 0.2) is 5.03 Å². The fourth-order valence-corrected chi connectivity index (χ4v) is 3.07. The molecule has 104 valence electrons. The van der Waals surface area contributed by atoms with Gasteiger partial charge in [0.05, 0.1) is 6.61 Å². The van der Waals surface area contributed by atoms with Crippen LogP contribution in [0.4, 0.5) is 0 Å². The van der Waals surface area contributed by atoms with Gasteiger partial charge >= 0.3 is 0 Å². The molecule has 0 aliphatic heterocycles. The molecule has 3 N–H and O–H groups in total. The summed E-state index contributed by atoms with van der Waals surface area (Å²) in [6.45, 7) is 4.27. The Labute approximate surface area is 107 Å². The van der Waals surface area contributed by atoms with Gasteiger partial charge in [0.2, 0.25) is 0 Å². The number of aromatic amines is 1. The van der Waals surface area contributed by atoms with Crippen LogP contribution in [-0.4, -0.2) is 45.4 Å². The van der Waals surface area contributed by atoms with Gasteiger partial charge in [-0.05, 0) is 20.9 Å². The van der Waals surface area contributed by atoms with Crippen LogP contribution in [0.5, 0.6) is 0 Å². The summed E-state index contributed by atoms with van der Waals surface area (Å²) in [6, 6.07) is -0.306. The number of rotatable bonds is 7. The highest BCUT2D eigenvalue weighted by Crippen LogP contribution is 2.16. The van der Waals surface area contributed by atoms with Gasteiger partial charge in [0.15, 0.2) is 5.03 Å². The molecule has 0 bridgehead atoms. The molecule has 0 saturated carbocycles. The second kappa shape index (κ2) is 6.28. The molecule has 7 nitrogen and oxygen atoms in total. The zero-order valence-corrected chi connectivity index (χ0v) is 11.9. The summed E-state index contributed by atoms with van der Waals surface area (Å²) in [5, 5.41) is 9.52. The molecule has 0 aromatic carbocycles. The summed E-state index contributed by atoms with van der Waals surface area (Å²) in [5.74, 6) is 0. The molecular formula is C10H20N4O3S. The maximum Gasteiger partial charge on any atom is 0.260 e. The number of nitrogens with one attached hydrogen (secondary N) is 3. The van der Waals surface area contributed by atoms with Crippen LogP contribution < -0.4 is 10.0 Å². The highest BCUT2D eigenvalue weighted by molar-refractivity contribution is 7.89. The second-order valence-electron chi connectivity index (χ2n) is 4.14. The summed E-state index contributed by atoms with van der Waals surface area (Å²) in [5.41, 5.74) is 1.39. The highest BCUT2D eigenvalue weighted by atomic mass is 32.2. The van der Waals surface area contributed by atoms with Crippen molar-refractivity contribution in [3.05, 3.63) is 11.3 Å². The lowest BCUT2D eigenvalue weighted by Gasteiger charge is -2.12. The molecule has 0 aliphatic carbocycles. The molecule has 0 fully saturated rings. The number of sulfonamides is 1. The predicted octanol–water partition coefficient (Wildman–Crippen LogP) is -0.249. The average molecular weight is 276 g/mol. The van der Waals surface area contributed by atoms with E-state index in [0.717, 1.165) is 5.69 Å². The topological polar surface area (TPSA) is 96.1 Å². The summed E-state index contributed by atoms with van der Waals surface area (Å²) in [7, 11) is -0.349. The van der Waals surface area contributed by atoms with Crippen LogP contribution in [0.25, 0.3) is 0 Å². The van der Waals surface area contributed by atoms with Crippen LogP contribution in [0, 0.1) is 6.92 Å². The maximum absolute atomic E-state index is 12.1. The van der Waals surface area contributed by atoms with Crippen LogP contribution in [-0.2, 0) is 21.3 Å². The molecule has 0 aliphatic rings. The first-order chi connectivity index (χ1) is 8.42. The van der Waals surface area contributed by atoms with Crippen molar-refractivity contribution in [3.63, 3.8) is 0 Å². The van der Waals surface area contributed by atoms with Gasteiger partial charge < -0.3 is 10.1 Å². The summed E-state index contributed by atoms with van der Waals surface area (Å²) in [6.07, 6.45) is 0. The summed E-state index contributed by atoms with van der Waals surface area (Å²) in [4.78, 5) is 0. The van der Waals surface area contributed by atoms with E-state index in [1.54, 1.807) is 20.9 Å². The average Bonchev–Trinajstić information content (AvgIpc) is 2.61. The van der Waals surface area contributed by atoms with Gasteiger partial charge in [-0.25, -0.2) is 13.1 Å². The van der Waals surface area contributed by atoms with E-state index in [4.69, 9.17) is 4.74 Å². The molecule has 1 unspecified atom stereocenters. The van der Waals surface area contributed by atoms with Gasteiger partial charge in [-0.3, -0.25) is 5.10 Å². The molecule has 1 heterocycles. The zero-order chi connectivity index (χ0) is 13.8. The molecule has 0 spiro atoms. The van der Waals surface area contributed by atoms with Gasteiger partial charge in [0.1, 0.15) is 0 Å². The van der Waals surface area contributed by atoms with Gasteiger partial charge in [-0.2, -0.15) is 5.10 Å². The highest BCUT2D eigenvalue weighted by Gasteiger charge is 2.24. The van der Waals surface area contributed by atoms with E-state index >= 15 is 0 Å². The van der Waals surface area contributed by atoms with E-state index in [1.807, 2.05) is 0 Å². The minimum absolute atomic E-state index is 0.0392. The first-order valence-corrected chi connectivity index (χ1v) is 7.10. The number of hydrogen-bond donors (Lipinski definition) is 3. The number of hydrogen-bond acceptors (Lipinski definition) is 5. The first-order valence-electron chi connectivity index (χ1n) is 5.62. The normalized spacial score (nSPS) is 13.8. The SMILES string of the molecule is CNCc1c(S(=O)(=O)NC(C)COC)n[nH]c1C. The van der Waals surface area contributed by atoms with E-state index in [0.29, 0.717) is 18.7 Å². The number of ether oxygens (including phenoxy) is 1. The third kappa shape index (κ3) is 3.52. The Bertz CT molecular complexity index is 483. The largest absolute Gasteiger partial charge is 0.383 e. The predicted molar refractivity (Wildman–Crippen MR) is 67.7 cm³/mol. The maximum atomic E-state index is 12.1. The van der Waals surface area contributed by atoms with Crippen LogP contribution in [0.2, 0.25) is 0 Å². The van der Waals surface area contributed by atoms with Crippen molar-refractivity contribution in [2.24, 2.45) is 0 Å². The Morgan fingerprint density at radius 1 is 1.50 bits per heavy atom. The van der Waals surface area contributed by atoms with Gasteiger partial charge in [0, 0.05) is 31.0 Å². The summed E-state index contributed by atoms with van der Waals surface area (Å²) >= 11 is 0. The fourth-order valence-electron chi connectivity index (χ4n) is 1.64. The molecule has 0 amide bonds. The molecule has 0 radical (unpaired) electrons. The molecular weight excluding hydrogens is 256 g/mol. The molecule has 18 heavy (non-hydrogen) atoms. The second-order valence-corrected chi connectivity index (χ2v) is 5.77. The van der Waals surface area contributed by atoms with Crippen molar-refractivity contribution >= 4 is 10.0 Å². The van der Waals surface area contributed by atoms with Crippen molar-refractivity contribution in [2.75, 3.05) is 20.8 Å². The molecule has 1 rings (SSSR count). The number of H-pyrrole nitrogens is 1. The lowest BCUT2D eigenvalue weighted by atomic mass is 10.3. The summed E-state index contributed by atoms with van der Waals surface area (Å²) < 4.78 is 31.7. The van der Waals surface area contributed by atoms with Gasteiger partial charge in [0.25, 0.3) is 10.0 Å². The van der Waals surface area contributed by atoms with Gasteiger partial charge in [-0.1, -0.05) is 0 Å². The zero-order valence-electron chi connectivity index (χ0n) is 11.1. The molecule has 1 aromatic rings. The number of nitrogens with zero attached hydrogens (tertiary/aromatic N) is 1. The van der Waals surface area contributed by atoms with Crippen molar-refractivity contribution in [1.82, 2.24) is 20.2 Å². The fraction of sp³-hybridized carbons (Fsp3) is 0.700. The first kappa shape index (κ1) is 15.1. The molecule has 0 saturated heterocycles. The number of methoxy groups -OCH3 is 1. The van der Waals surface area contributed by atoms with Crippen molar-refractivity contribution < 1.29 is 13.2 Å². The Balaban J connectivity index is 2.98. The third-order valence-electron chi connectivity index (χ3n) is 2.42. The van der Waals surface area contributed by atoms with E-state index in [2.05, 4.69) is 20.2 Å². The Morgan fingerprint density at radius 2 is 2.17 bits per heavy atom. The quantitative estimate of drug-likeness (QED) is 0.638. The van der Waals surface area contributed by atoms with E-state index in [1.165, 1.54) is 7.11 Å². The Morgan fingerprint density at radius 3 is 2.72 bits per heavy atom. The van der Waals surface area contributed by atoms with E-state index in [9.17, 15) is 8.42 Å². The minimum atomic E-state index is -3.63. The molecule has 8 heteroatoms. The van der Waals surface area contributed by atoms with Crippen LogP contribution in [0.3, 0.4) is 0 Å². The third-order valence-corrected chi connectivity index (χ3v) is 3.98. The lowest BCUT2D eigenvalue weighted by molar-refractivity contribution is 0.180.